The zero-order valence-corrected chi connectivity index (χ0v) is 19.2. The molecule has 32 heavy (non-hydrogen) atoms. The number of phosphoric ester groups is 1. The monoisotopic (exact) mass is 472 g/mol. The number of ketones is 2. The van der Waals surface area contributed by atoms with Gasteiger partial charge in [-0.2, -0.15) is 0 Å². The molecule has 178 valence electrons. The van der Waals surface area contributed by atoms with Gasteiger partial charge in [0.05, 0.1) is 6.10 Å². The summed E-state index contributed by atoms with van der Waals surface area (Å²) in [5.74, 6) is -2.87. The maximum Gasteiger partial charge on any atom is 0.470 e. The van der Waals surface area contributed by atoms with Crippen molar-refractivity contribution in [2.45, 2.75) is 63.8 Å². The van der Waals surface area contributed by atoms with Gasteiger partial charge in [-0.25, -0.2) is 8.96 Å². The van der Waals surface area contributed by atoms with Crippen molar-refractivity contribution in [2.75, 3.05) is 6.61 Å². The number of carbonyl (C=O) groups excluding carboxylic acids is 2. The number of alkyl halides is 1. The van der Waals surface area contributed by atoms with Gasteiger partial charge in [0.1, 0.15) is 12.2 Å². The van der Waals surface area contributed by atoms with Gasteiger partial charge >= 0.3 is 7.82 Å². The molecule has 0 unspecified atom stereocenters. The summed E-state index contributed by atoms with van der Waals surface area (Å²) in [7, 11) is -4.93. The van der Waals surface area contributed by atoms with Gasteiger partial charge in [-0.1, -0.05) is 25.5 Å². The average Bonchev–Trinajstić information content (AvgIpc) is 2.89. The minimum Gasteiger partial charge on any atom is -0.390 e. The lowest BCUT2D eigenvalue weighted by Crippen LogP contribution is -2.69. The number of Topliss-reactive ketones (excluding diaryl/α,β-unsaturated/α-hetero) is 1. The molecule has 4 aliphatic carbocycles. The minimum absolute atomic E-state index is 0.211. The summed E-state index contributed by atoms with van der Waals surface area (Å²) in [5.41, 5.74) is -5.88. The normalized spacial score (nSPS) is 48.0. The van der Waals surface area contributed by atoms with Crippen LogP contribution in [0.4, 0.5) is 4.39 Å². The van der Waals surface area contributed by atoms with Crippen LogP contribution >= 0.6 is 7.82 Å². The highest BCUT2D eigenvalue weighted by molar-refractivity contribution is 7.46. The molecule has 0 aliphatic heterocycles. The van der Waals surface area contributed by atoms with Crippen molar-refractivity contribution in [1.82, 2.24) is 0 Å². The SMILES string of the molecule is C[C@H]1C[C@@H]2[C@@H]3CCC4=CC(=O)C=C[C@]4(C)[C@@]3(F)[C@@H](O)C[C@]2(C)[C@@]1(O)C(=O)COP(=O)(O)O. The molecule has 3 saturated carbocycles. The summed E-state index contributed by atoms with van der Waals surface area (Å²) < 4.78 is 32.5. The standard InChI is InChI=1S/C22H30FO8P/c1-12-8-16-15-5-4-13-9-14(24)6-7-19(13,2)21(15,23)17(25)10-20(16,3)22(12,27)18(26)11-31-32(28,29)30/h6-7,9,12,15-17,25,27H,4-5,8,10-11H2,1-3H3,(H2,28,29,30)/t12-,15-,16+,17-,19-,20-,21-,22-/m0/s1. The van der Waals surface area contributed by atoms with E-state index in [9.17, 15) is 24.4 Å². The van der Waals surface area contributed by atoms with Crippen LogP contribution in [0.15, 0.2) is 23.8 Å². The highest BCUT2D eigenvalue weighted by atomic mass is 31.2. The smallest absolute Gasteiger partial charge is 0.390 e. The Morgan fingerprint density at radius 2 is 1.97 bits per heavy atom. The van der Waals surface area contributed by atoms with E-state index in [0.717, 1.165) is 0 Å². The second-order valence-electron chi connectivity index (χ2n) is 10.4. The third-order valence-electron chi connectivity index (χ3n) is 9.01. The summed E-state index contributed by atoms with van der Waals surface area (Å²) in [6.45, 7) is 4.00. The van der Waals surface area contributed by atoms with Gasteiger partial charge in [-0.15, -0.1) is 0 Å². The average molecular weight is 472 g/mol. The van der Waals surface area contributed by atoms with E-state index in [4.69, 9.17) is 9.79 Å². The van der Waals surface area contributed by atoms with Gasteiger partial charge in [0.2, 0.25) is 0 Å². The number of rotatable bonds is 4. The molecular formula is C22H30FO8P. The van der Waals surface area contributed by atoms with Gasteiger partial charge < -0.3 is 20.0 Å². The largest absolute Gasteiger partial charge is 0.470 e. The van der Waals surface area contributed by atoms with Crippen molar-refractivity contribution < 1.29 is 43.1 Å². The fourth-order valence-electron chi connectivity index (χ4n) is 7.39. The number of aliphatic hydroxyl groups is 2. The lowest BCUT2D eigenvalue weighted by molar-refractivity contribution is -0.219. The molecule has 10 heteroatoms. The van der Waals surface area contributed by atoms with Crippen molar-refractivity contribution in [3.63, 3.8) is 0 Å². The fourth-order valence-corrected chi connectivity index (χ4v) is 7.68. The van der Waals surface area contributed by atoms with Crippen LogP contribution in [0.2, 0.25) is 0 Å². The molecule has 0 bridgehead atoms. The van der Waals surface area contributed by atoms with E-state index < -0.39 is 66.2 Å². The molecule has 8 nitrogen and oxygen atoms in total. The van der Waals surface area contributed by atoms with Gasteiger partial charge in [0, 0.05) is 16.7 Å². The Kier molecular flexibility index (Phi) is 5.34. The molecule has 0 aromatic heterocycles. The van der Waals surface area contributed by atoms with E-state index >= 15 is 4.39 Å². The van der Waals surface area contributed by atoms with E-state index in [1.54, 1.807) is 20.8 Å². The number of hydrogen-bond donors (Lipinski definition) is 4. The Hall–Kier alpha value is -1.22. The van der Waals surface area contributed by atoms with Crippen molar-refractivity contribution in [1.29, 1.82) is 0 Å². The van der Waals surface area contributed by atoms with Gasteiger partial charge in [0.25, 0.3) is 0 Å². The minimum atomic E-state index is -4.93. The van der Waals surface area contributed by atoms with Gasteiger partial charge in [-0.05, 0) is 56.6 Å². The predicted molar refractivity (Wildman–Crippen MR) is 111 cm³/mol. The van der Waals surface area contributed by atoms with E-state index in [1.807, 2.05) is 0 Å². The Morgan fingerprint density at radius 3 is 2.59 bits per heavy atom. The summed E-state index contributed by atoms with van der Waals surface area (Å²) in [5, 5.41) is 22.8. The number of carbonyl (C=O) groups is 2. The number of allylic oxidation sites excluding steroid dienone is 4. The van der Waals surface area contributed by atoms with Crippen LogP contribution in [0, 0.1) is 28.6 Å². The fraction of sp³-hybridized carbons (Fsp3) is 0.727. The third kappa shape index (κ3) is 2.95. The second kappa shape index (κ2) is 7.14. The van der Waals surface area contributed by atoms with Gasteiger partial charge in [0.15, 0.2) is 17.2 Å². The molecule has 0 amide bonds. The number of aliphatic hydroxyl groups excluding tert-OH is 1. The van der Waals surface area contributed by atoms with E-state index in [-0.39, 0.29) is 12.2 Å². The summed E-state index contributed by atoms with van der Waals surface area (Å²) in [6, 6.07) is 0. The van der Waals surface area contributed by atoms with Crippen LogP contribution in [-0.2, 0) is 18.7 Å². The Morgan fingerprint density at radius 1 is 1.31 bits per heavy atom. The lowest BCUT2D eigenvalue weighted by atomic mass is 9.44. The number of phosphoric acid groups is 1. The molecule has 3 fully saturated rings. The molecule has 4 aliphatic rings. The molecule has 0 aromatic carbocycles. The topological polar surface area (TPSA) is 141 Å². The molecule has 4 N–H and O–H groups in total. The van der Waals surface area contributed by atoms with Crippen molar-refractivity contribution >= 4 is 19.4 Å². The molecular weight excluding hydrogens is 442 g/mol. The van der Waals surface area contributed by atoms with Crippen LogP contribution < -0.4 is 0 Å². The van der Waals surface area contributed by atoms with E-state index in [1.165, 1.54) is 18.2 Å². The number of halogens is 1. The summed E-state index contributed by atoms with van der Waals surface area (Å²) >= 11 is 0. The lowest BCUT2D eigenvalue weighted by Gasteiger charge is -2.62. The van der Waals surface area contributed by atoms with Crippen molar-refractivity contribution in [3.05, 3.63) is 23.8 Å². The maximum absolute atomic E-state index is 17.0. The van der Waals surface area contributed by atoms with E-state index in [2.05, 4.69) is 4.52 Å². The Labute approximate surface area is 185 Å². The van der Waals surface area contributed by atoms with Crippen LogP contribution in [0.25, 0.3) is 0 Å². The quantitative estimate of drug-likeness (QED) is 0.456. The maximum atomic E-state index is 17.0. The highest BCUT2D eigenvalue weighted by Gasteiger charge is 2.75. The van der Waals surface area contributed by atoms with Crippen molar-refractivity contribution in [2.24, 2.45) is 28.6 Å². The second-order valence-corrected chi connectivity index (χ2v) is 11.6. The Balaban J connectivity index is 1.74. The van der Waals surface area contributed by atoms with E-state index in [0.29, 0.717) is 24.8 Å². The third-order valence-corrected chi connectivity index (χ3v) is 9.48. The van der Waals surface area contributed by atoms with Gasteiger partial charge in [-0.3, -0.25) is 14.1 Å². The van der Waals surface area contributed by atoms with Crippen LogP contribution in [0.1, 0.15) is 46.5 Å². The number of fused-ring (bicyclic) bond motifs is 5. The molecule has 4 rings (SSSR count). The number of hydrogen-bond acceptors (Lipinski definition) is 6. The zero-order chi connectivity index (χ0) is 23.9. The first-order valence-electron chi connectivity index (χ1n) is 10.9. The summed E-state index contributed by atoms with van der Waals surface area (Å²) in [4.78, 5) is 42.8. The highest BCUT2D eigenvalue weighted by Crippen LogP contribution is 2.70. The molecule has 0 radical (unpaired) electrons. The molecule has 0 heterocycles. The summed E-state index contributed by atoms with van der Waals surface area (Å²) in [6.07, 6.45) is 3.70. The zero-order valence-electron chi connectivity index (χ0n) is 18.3. The van der Waals surface area contributed by atoms with Crippen LogP contribution in [0.5, 0.6) is 0 Å². The van der Waals surface area contributed by atoms with Crippen LogP contribution in [0.3, 0.4) is 0 Å². The molecule has 0 saturated heterocycles. The van der Waals surface area contributed by atoms with Crippen molar-refractivity contribution in [3.8, 4) is 0 Å². The van der Waals surface area contributed by atoms with Crippen LogP contribution in [-0.4, -0.2) is 55.5 Å². The Bertz CT molecular complexity index is 973. The molecule has 0 spiro atoms. The molecule has 8 atom stereocenters. The first-order chi connectivity index (χ1) is 14.6. The first kappa shape index (κ1) is 23.9. The predicted octanol–water partition coefficient (Wildman–Crippen LogP) is 2.01. The molecule has 0 aromatic rings. The first-order valence-corrected chi connectivity index (χ1v) is 12.4.